The second-order valence-corrected chi connectivity index (χ2v) is 11.7. The summed E-state index contributed by atoms with van der Waals surface area (Å²) in [6, 6.07) is 12.1. The van der Waals surface area contributed by atoms with Crippen LogP contribution in [0.2, 0.25) is 0 Å². The molecule has 5 aromatic rings. The third-order valence-corrected chi connectivity index (χ3v) is 7.18. The quantitative estimate of drug-likeness (QED) is 0.319. The van der Waals surface area contributed by atoms with Gasteiger partial charge in [-0.15, -0.1) is 10.2 Å². The van der Waals surface area contributed by atoms with E-state index in [1.54, 1.807) is 9.42 Å². The second kappa shape index (κ2) is 9.39. The summed E-state index contributed by atoms with van der Waals surface area (Å²) in [7, 11) is 0. The Morgan fingerprint density at radius 2 is 1.92 bits per heavy atom. The van der Waals surface area contributed by atoms with E-state index in [-0.39, 0.29) is 6.09 Å². The standard InChI is InChI=1S/C27H28N8O2S/c1-17-5-8-24-30-31-25(35(24)32-17)38-22-6-7-23-19(10-22)9-20(11-28-23)21-12-29-34(16-21)15-18-13-33(14-18)26(36)37-27(2,3)4/h5-12,16,18H,13-15H2,1-4H3. The Bertz CT molecular complexity index is 1650. The van der Waals surface area contributed by atoms with E-state index in [9.17, 15) is 4.79 Å². The highest BCUT2D eigenvalue weighted by molar-refractivity contribution is 7.99. The van der Waals surface area contributed by atoms with Gasteiger partial charge in [0.1, 0.15) is 5.60 Å². The Morgan fingerprint density at radius 3 is 2.74 bits per heavy atom. The largest absolute Gasteiger partial charge is 0.444 e. The number of carbonyl (C=O) groups is 1. The van der Waals surface area contributed by atoms with E-state index in [0.717, 1.165) is 50.0 Å². The van der Waals surface area contributed by atoms with Gasteiger partial charge in [0, 0.05) is 59.4 Å². The van der Waals surface area contributed by atoms with Gasteiger partial charge in [-0.25, -0.2) is 4.79 Å². The molecule has 1 aliphatic heterocycles. The van der Waals surface area contributed by atoms with Crippen molar-refractivity contribution in [1.82, 2.24) is 39.5 Å². The number of ether oxygens (including phenoxy) is 1. The smallest absolute Gasteiger partial charge is 0.410 e. The van der Waals surface area contributed by atoms with Crippen molar-refractivity contribution >= 4 is 34.4 Å². The molecule has 11 heteroatoms. The van der Waals surface area contributed by atoms with E-state index in [1.807, 2.05) is 75.2 Å². The average Bonchev–Trinajstić information content (AvgIpc) is 3.46. The first-order valence-electron chi connectivity index (χ1n) is 12.5. The number of aromatic nitrogens is 7. The summed E-state index contributed by atoms with van der Waals surface area (Å²) < 4.78 is 9.15. The fraction of sp³-hybridized carbons (Fsp3) is 0.333. The van der Waals surface area contributed by atoms with Crippen LogP contribution in [-0.4, -0.2) is 64.3 Å². The van der Waals surface area contributed by atoms with Crippen molar-refractivity contribution in [3.05, 3.63) is 60.7 Å². The summed E-state index contributed by atoms with van der Waals surface area (Å²) in [5.74, 6) is 0.357. The Morgan fingerprint density at radius 1 is 1.08 bits per heavy atom. The van der Waals surface area contributed by atoms with E-state index in [0.29, 0.717) is 19.0 Å². The number of benzene rings is 1. The molecule has 1 fully saturated rings. The van der Waals surface area contributed by atoms with Crippen molar-refractivity contribution in [3.8, 4) is 11.1 Å². The molecule has 1 amide bonds. The number of rotatable bonds is 5. The van der Waals surface area contributed by atoms with Crippen molar-refractivity contribution in [2.45, 2.75) is 49.9 Å². The minimum Gasteiger partial charge on any atom is -0.444 e. The van der Waals surface area contributed by atoms with Gasteiger partial charge in [-0.2, -0.15) is 14.7 Å². The van der Waals surface area contributed by atoms with Crippen LogP contribution in [0.5, 0.6) is 0 Å². The van der Waals surface area contributed by atoms with Crippen molar-refractivity contribution in [2.75, 3.05) is 13.1 Å². The van der Waals surface area contributed by atoms with Gasteiger partial charge < -0.3 is 9.64 Å². The number of hydrogen-bond donors (Lipinski definition) is 0. The molecule has 0 atom stereocenters. The van der Waals surface area contributed by atoms with E-state index < -0.39 is 5.60 Å². The van der Waals surface area contributed by atoms with Gasteiger partial charge >= 0.3 is 6.09 Å². The first kappa shape index (κ1) is 24.4. The monoisotopic (exact) mass is 528 g/mol. The summed E-state index contributed by atoms with van der Waals surface area (Å²) in [6.07, 6.45) is 5.52. The molecule has 194 valence electrons. The van der Waals surface area contributed by atoms with Crippen LogP contribution in [-0.2, 0) is 11.3 Å². The number of nitrogens with zero attached hydrogens (tertiary/aromatic N) is 8. The zero-order valence-electron chi connectivity index (χ0n) is 21.7. The molecule has 0 radical (unpaired) electrons. The van der Waals surface area contributed by atoms with Crippen LogP contribution in [0.15, 0.2) is 65.0 Å². The lowest BCUT2D eigenvalue weighted by Gasteiger charge is -2.39. The van der Waals surface area contributed by atoms with E-state index in [2.05, 4.69) is 37.5 Å². The molecule has 5 heterocycles. The minimum atomic E-state index is -0.479. The number of fused-ring (bicyclic) bond motifs is 2. The highest BCUT2D eigenvalue weighted by atomic mass is 32.2. The lowest BCUT2D eigenvalue weighted by Crippen LogP contribution is -2.52. The Labute approximate surface area is 224 Å². The maximum Gasteiger partial charge on any atom is 0.410 e. The Kier molecular flexibility index (Phi) is 6.02. The molecule has 0 unspecified atom stereocenters. The van der Waals surface area contributed by atoms with Crippen molar-refractivity contribution in [2.24, 2.45) is 5.92 Å². The molecule has 0 spiro atoms. The van der Waals surface area contributed by atoms with Crippen LogP contribution < -0.4 is 0 Å². The SMILES string of the molecule is Cc1ccc2nnc(Sc3ccc4ncc(-c5cnn(CC6CN(C(=O)OC(C)(C)C)C6)c5)cc4c3)n2n1. The van der Waals surface area contributed by atoms with Gasteiger partial charge in [-0.3, -0.25) is 9.67 Å². The van der Waals surface area contributed by atoms with Gasteiger partial charge in [0.25, 0.3) is 0 Å². The summed E-state index contributed by atoms with van der Waals surface area (Å²) in [5.41, 5.74) is 4.07. The van der Waals surface area contributed by atoms with Crippen LogP contribution in [0, 0.1) is 12.8 Å². The maximum atomic E-state index is 12.2. The van der Waals surface area contributed by atoms with Crippen LogP contribution in [0.3, 0.4) is 0 Å². The average molecular weight is 529 g/mol. The molecule has 0 aliphatic carbocycles. The number of carbonyl (C=O) groups excluding carboxylic acids is 1. The maximum absolute atomic E-state index is 12.2. The predicted molar refractivity (Wildman–Crippen MR) is 144 cm³/mol. The molecule has 6 rings (SSSR count). The molecule has 0 saturated carbocycles. The van der Waals surface area contributed by atoms with Crippen molar-refractivity contribution in [1.29, 1.82) is 0 Å². The molecular formula is C27H28N8O2S. The van der Waals surface area contributed by atoms with Crippen LogP contribution in [0.25, 0.3) is 27.7 Å². The normalized spacial score (nSPS) is 14.3. The highest BCUT2D eigenvalue weighted by Gasteiger charge is 2.33. The predicted octanol–water partition coefficient (Wildman–Crippen LogP) is 4.86. The molecule has 38 heavy (non-hydrogen) atoms. The van der Waals surface area contributed by atoms with Gasteiger partial charge in [0.05, 0.1) is 17.4 Å². The van der Waals surface area contributed by atoms with Gasteiger partial charge in [0.2, 0.25) is 5.16 Å². The summed E-state index contributed by atoms with van der Waals surface area (Å²) in [5, 5.41) is 19.4. The fourth-order valence-corrected chi connectivity index (χ4v) is 5.23. The fourth-order valence-electron chi connectivity index (χ4n) is 4.40. The lowest BCUT2D eigenvalue weighted by atomic mass is 10.0. The highest BCUT2D eigenvalue weighted by Crippen LogP contribution is 2.30. The topological polar surface area (TPSA) is 103 Å². The first-order valence-corrected chi connectivity index (χ1v) is 13.3. The van der Waals surface area contributed by atoms with E-state index in [4.69, 9.17) is 4.74 Å². The molecule has 4 aromatic heterocycles. The lowest BCUT2D eigenvalue weighted by molar-refractivity contribution is -0.00383. The molecular weight excluding hydrogens is 500 g/mol. The van der Waals surface area contributed by atoms with Crippen LogP contribution >= 0.6 is 11.8 Å². The van der Waals surface area contributed by atoms with Gasteiger partial charge in [-0.1, -0.05) is 0 Å². The molecule has 10 nitrogen and oxygen atoms in total. The second-order valence-electron chi connectivity index (χ2n) is 10.6. The van der Waals surface area contributed by atoms with E-state index >= 15 is 0 Å². The number of hydrogen-bond acceptors (Lipinski definition) is 8. The van der Waals surface area contributed by atoms with Crippen molar-refractivity contribution in [3.63, 3.8) is 0 Å². The third-order valence-electron chi connectivity index (χ3n) is 6.25. The Balaban J connectivity index is 1.14. The molecule has 1 aliphatic rings. The third kappa shape index (κ3) is 5.06. The summed E-state index contributed by atoms with van der Waals surface area (Å²) in [4.78, 5) is 19.6. The van der Waals surface area contributed by atoms with Gasteiger partial charge in [0.15, 0.2) is 5.65 Å². The number of aryl methyl sites for hydroxylation is 1. The minimum absolute atomic E-state index is 0.252. The summed E-state index contributed by atoms with van der Waals surface area (Å²) >= 11 is 1.52. The molecule has 1 saturated heterocycles. The number of likely N-dealkylation sites (tertiary alicyclic amines) is 1. The summed E-state index contributed by atoms with van der Waals surface area (Å²) in [6.45, 7) is 9.70. The Hall–Kier alpha value is -3.99. The zero-order valence-corrected chi connectivity index (χ0v) is 22.5. The van der Waals surface area contributed by atoms with Crippen LogP contribution in [0.4, 0.5) is 4.79 Å². The zero-order chi connectivity index (χ0) is 26.4. The molecule has 0 bridgehead atoms. The van der Waals surface area contributed by atoms with Gasteiger partial charge in [-0.05, 0) is 75.9 Å². The molecule has 0 N–H and O–H groups in total. The van der Waals surface area contributed by atoms with Crippen molar-refractivity contribution < 1.29 is 9.53 Å². The van der Waals surface area contributed by atoms with E-state index in [1.165, 1.54) is 11.8 Å². The molecule has 1 aromatic carbocycles. The number of amides is 1. The number of pyridine rings is 1. The van der Waals surface area contributed by atoms with Crippen LogP contribution in [0.1, 0.15) is 26.5 Å². The first-order chi connectivity index (χ1) is 18.2.